The third kappa shape index (κ3) is 3.28. The van der Waals surface area contributed by atoms with Crippen LogP contribution >= 0.6 is 0 Å². The van der Waals surface area contributed by atoms with Gasteiger partial charge < -0.3 is 16.0 Å². The van der Waals surface area contributed by atoms with E-state index < -0.39 is 0 Å². The maximum absolute atomic E-state index is 6.15. The summed E-state index contributed by atoms with van der Waals surface area (Å²) in [7, 11) is 0. The molecule has 26 heavy (non-hydrogen) atoms. The highest BCUT2D eigenvalue weighted by Gasteiger charge is 2.27. The van der Waals surface area contributed by atoms with Crippen LogP contribution in [0.3, 0.4) is 0 Å². The fourth-order valence-corrected chi connectivity index (χ4v) is 4.48. The molecule has 1 aliphatic heterocycles. The summed E-state index contributed by atoms with van der Waals surface area (Å²) in [5.74, 6) is 2.09. The van der Waals surface area contributed by atoms with Crippen molar-refractivity contribution >= 4 is 11.8 Å². The van der Waals surface area contributed by atoms with Gasteiger partial charge in [0.15, 0.2) is 0 Å². The minimum absolute atomic E-state index is 0.381. The minimum Gasteiger partial charge on any atom is -0.368 e. The van der Waals surface area contributed by atoms with Crippen molar-refractivity contribution in [2.75, 3.05) is 30.3 Å². The molecule has 5 nitrogen and oxygen atoms in total. The molecule has 0 amide bonds. The maximum Gasteiger partial charge on any atom is 0.222 e. The van der Waals surface area contributed by atoms with Gasteiger partial charge in [0.1, 0.15) is 5.82 Å². The van der Waals surface area contributed by atoms with Crippen LogP contribution in [0.5, 0.6) is 0 Å². The standard InChI is InChI=1S/C21H29N5/c1-3-26(13-15-11-14(2)23-12-15)20-18-10-6-8-16-7-4-5-9-17(16)19(18)24-21(22)25-20/h4-5,7,9,14-15,23H,3,6,8,10-13H2,1-2H3,(H2,22,24,25)/t14-,15?/m1/s1. The number of fused-ring (bicyclic) bond motifs is 3. The van der Waals surface area contributed by atoms with Gasteiger partial charge in [0.2, 0.25) is 5.95 Å². The Balaban J connectivity index is 1.74. The summed E-state index contributed by atoms with van der Waals surface area (Å²) in [6.45, 7) is 7.53. The van der Waals surface area contributed by atoms with Crippen molar-refractivity contribution in [3.63, 3.8) is 0 Å². The Hall–Kier alpha value is -2.14. The number of rotatable bonds is 4. The molecule has 1 aromatic carbocycles. The fourth-order valence-electron chi connectivity index (χ4n) is 4.48. The number of anilines is 2. The second-order valence-corrected chi connectivity index (χ2v) is 7.69. The summed E-state index contributed by atoms with van der Waals surface area (Å²) < 4.78 is 0. The number of hydrogen-bond acceptors (Lipinski definition) is 5. The van der Waals surface area contributed by atoms with Crippen LogP contribution < -0.4 is 16.0 Å². The molecule has 0 spiro atoms. The van der Waals surface area contributed by atoms with E-state index in [-0.39, 0.29) is 0 Å². The third-order valence-electron chi connectivity index (χ3n) is 5.75. The van der Waals surface area contributed by atoms with Gasteiger partial charge in [-0.3, -0.25) is 0 Å². The van der Waals surface area contributed by atoms with Gasteiger partial charge in [0, 0.05) is 30.3 Å². The second kappa shape index (κ2) is 7.23. The van der Waals surface area contributed by atoms with E-state index in [1.807, 2.05) is 0 Å². The fraction of sp³-hybridized carbons (Fsp3) is 0.524. The first-order valence-corrected chi connectivity index (χ1v) is 9.88. The lowest BCUT2D eigenvalue weighted by Crippen LogP contribution is -2.32. The average Bonchev–Trinajstić information content (AvgIpc) is 2.96. The molecule has 0 bridgehead atoms. The van der Waals surface area contributed by atoms with Gasteiger partial charge in [0.25, 0.3) is 0 Å². The predicted molar refractivity (Wildman–Crippen MR) is 107 cm³/mol. The zero-order valence-corrected chi connectivity index (χ0v) is 15.8. The number of nitrogen functional groups attached to an aromatic ring is 1. The summed E-state index contributed by atoms with van der Waals surface area (Å²) in [4.78, 5) is 11.8. The molecule has 3 N–H and O–H groups in total. The summed E-state index contributed by atoms with van der Waals surface area (Å²) in [5, 5.41) is 3.56. The molecule has 0 saturated carbocycles. The molecule has 4 rings (SSSR count). The number of benzene rings is 1. The summed E-state index contributed by atoms with van der Waals surface area (Å²) in [6.07, 6.45) is 4.45. The predicted octanol–water partition coefficient (Wildman–Crippen LogP) is 3.04. The van der Waals surface area contributed by atoms with Crippen molar-refractivity contribution in [1.29, 1.82) is 0 Å². The topological polar surface area (TPSA) is 67.1 Å². The van der Waals surface area contributed by atoms with Crippen molar-refractivity contribution in [3.8, 4) is 11.3 Å². The van der Waals surface area contributed by atoms with E-state index >= 15 is 0 Å². The molecule has 2 aromatic rings. The van der Waals surface area contributed by atoms with Gasteiger partial charge in [-0.1, -0.05) is 24.3 Å². The smallest absolute Gasteiger partial charge is 0.222 e. The number of aryl methyl sites for hydroxylation is 1. The summed E-state index contributed by atoms with van der Waals surface area (Å²) >= 11 is 0. The lowest BCUT2D eigenvalue weighted by molar-refractivity contribution is 0.549. The van der Waals surface area contributed by atoms with E-state index in [9.17, 15) is 0 Å². The molecule has 1 unspecified atom stereocenters. The van der Waals surface area contributed by atoms with E-state index in [2.05, 4.69) is 53.3 Å². The molecule has 1 aromatic heterocycles. The molecule has 1 saturated heterocycles. The monoisotopic (exact) mass is 351 g/mol. The maximum atomic E-state index is 6.15. The van der Waals surface area contributed by atoms with Gasteiger partial charge in [-0.2, -0.15) is 4.98 Å². The Morgan fingerprint density at radius 1 is 1.23 bits per heavy atom. The van der Waals surface area contributed by atoms with Crippen LogP contribution in [0, 0.1) is 5.92 Å². The van der Waals surface area contributed by atoms with Crippen LogP contribution in [-0.4, -0.2) is 35.6 Å². The molecule has 5 heteroatoms. The van der Waals surface area contributed by atoms with Gasteiger partial charge in [-0.25, -0.2) is 4.98 Å². The minimum atomic E-state index is 0.381. The van der Waals surface area contributed by atoms with Crippen LogP contribution in [0.2, 0.25) is 0 Å². The van der Waals surface area contributed by atoms with Crippen molar-refractivity contribution in [3.05, 3.63) is 35.4 Å². The first kappa shape index (κ1) is 17.3. The number of aromatic nitrogens is 2. The van der Waals surface area contributed by atoms with Crippen molar-refractivity contribution in [2.24, 2.45) is 5.92 Å². The Bertz CT molecular complexity index is 788. The van der Waals surface area contributed by atoms with Crippen LogP contribution in [0.1, 0.15) is 37.8 Å². The Kier molecular flexibility index (Phi) is 4.81. The van der Waals surface area contributed by atoms with Gasteiger partial charge >= 0.3 is 0 Å². The molecule has 138 valence electrons. The normalized spacial score (nSPS) is 21.8. The number of nitrogens with one attached hydrogen (secondary N) is 1. The zero-order valence-electron chi connectivity index (χ0n) is 15.8. The van der Waals surface area contributed by atoms with Crippen molar-refractivity contribution in [2.45, 2.75) is 45.6 Å². The second-order valence-electron chi connectivity index (χ2n) is 7.69. The lowest BCUT2D eigenvalue weighted by Gasteiger charge is -2.28. The van der Waals surface area contributed by atoms with Crippen LogP contribution in [0.4, 0.5) is 11.8 Å². The number of nitrogens with zero attached hydrogens (tertiary/aromatic N) is 3. The largest absolute Gasteiger partial charge is 0.368 e. The molecule has 2 atom stereocenters. The van der Waals surface area contributed by atoms with Crippen molar-refractivity contribution < 1.29 is 0 Å². The molecular weight excluding hydrogens is 322 g/mol. The highest BCUT2D eigenvalue weighted by molar-refractivity contribution is 5.74. The lowest BCUT2D eigenvalue weighted by atomic mass is 10.0. The number of nitrogens with two attached hydrogens (primary N) is 1. The molecule has 2 aliphatic rings. The van der Waals surface area contributed by atoms with E-state index in [1.165, 1.54) is 23.1 Å². The zero-order chi connectivity index (χ0) is 18.1. The van der Waals surface area contributed by atoms with Crippen LogP contribution in [-0.2, 0) is 12.8 Å². The molecule has 0 radical (unpaired) electrons. The van der Waals surface area contributed by atoms with E-state index in [1.54, 1.807) is 0 Å². The average molecular weight is 351 g/mol. The van der Waals surface area contributed by atoms with Crippen molar-refractivity contribution in [1.82, 2.24) is 15.3 Å². The first-order chi connectivity index (χ1) is 12.7. The highest BCUT2D eigenvalue weighted by Crippen LogP contribution is 2.36. The van der Waals surface area contributed by atoms with E-state index in [4.69, 9.17) is 10.7 Å². The van der Waals surface area contributed by atoms with Gasteiger partial charge in [0.05, 0.1) is 5.69 Å². The Labute approximate surface area is 156 Å². The Morgan fingerprint density at radius 3 is 2.85 bits per heavy atom. The number of hydrogen-bond donors (Lipinski definition) is 2. The quantitative estimate of drug-likeness (QED) is 0.886. The molecule has 1 aliphatic carbocycles. The SMILES string of the molecule is CCN(CC1CN[C@H](C)C1)c1nc(N)nc2c1CCCc1ccccc1-2. The van der Waals surface area contributed by atoms with E-state index in [0.29, 0.717) is 17.9 Å². The Morgan fingerprint density at radius 2 is 2.08 bits per heavy atom. The van der Waals surface area contributed by atoms with E-state index in [0.717, 1.165) is 50.4 Å². The third-order valence-corrected chi connectivity index (χ3v) is 5.75. The first-order valence-electron chi connectivity index (χ1n) is 9.88. The molecule has 2 heterocycles. The molecular formula is C21H29N5. The van der Waals surface area contributed by atoms with Crippen LogP contribution in [0.25, 0.3) is 11.3 Å². The molecule has 1 fully saturated rings. The van der Waals surface area contributed by atoms with Gasteiger partial charge in [-0.15, -0.1) is 0 Å². The van der Waals surface area contributed by atoms with Crippen LogP contribution in [0.15, 0.2) is 24.3 Å². The highest BCUT2D eigenvalue weighted by atomic mass is 15.2. The summed E-state index contributed by atoms with van der Waals surface area (Å²) in [5.41, 5.74) is 11.1. The van der Waals surface area contributed by atoms with Gasteiger partial charge in [-0.05, 0) is 57.6 Å². The summed E-state index contributed by atoms with van der Waals surface area (Å²) in [6, 6.07) is 9.20.